The largest absolute Gasteiger partial charge is 0.380 e. The zero-order valence-electron chi connectivity index (χ0n) is 13.6. The molecule has 0 unspecified atom stereocenters. The molecule has 0 saturated carbocycles. The lowest BCUT2D eigenvalue weighted by atomic mass is 10.1. The number of benzene rings is 1. The van der Waals surface area contributed by atoms with E-state index in [1.165, 1.54) is 16.5 Å². The van der Waals surface area contributed by atoms with Crippen molar-refractivity contribution in [3.8, 4) is 0 Å². The minimum absolute atomic E-state index is 0.714. The van der Waals surface area contributed by atoms with Crippen LogP contribution < -0.4 is 5.32 Å². The van der Waals surface area contributed by atoms with Gasteiger partial charge in [0.25, 0.3) is 0 Å². The van der Waals surface area contributed by atoms with Crippen LogP contribution in [-0.2, 0) is 17.8 Å². The standard InChI is InChI=1S/C18H28N2O/c1-4-19-14-16-5-6-17-7-9-20(18(17)13-16)10-12-21-11-8-15(2)3/h5-7,9,13,15,19H,4,8,10-12,14H2,1-3H3. The normalized spacial score (nSPS) is 11.6. The van der Waals surface area contributed by atoms with Gasteiger partial charge in [0.05, 0.1) is 6.61 Å². The van der Waals surface area contributed by atoms with Crippen molar-refractivity contribution in [2.24, 2.45) is 5.92 Å². The van der Waals surface area contributed by atoms with E-state index >= 15 is 0 Å². The number of nitrogens with zero attached hydrogens (tertiary/aromatic N) is 1. The second-order valence-corrected chi connectivity index (χ2v) is 5.98. The molecule has 0 amide bonds. The first-order chi connectivity index (χ1) is 10.2. The lowest BCUT2D eigenvalue weighted by Crippen LogP contribution is -2.11. The molecular formula is C18H28N2O. The highest BCUT2D eigenvalue weighted by Gasteiger charge is 2.03. The van der Waals surface area contributed by atoms with Crippen molar-refractivity contribution < 1.29 is 4.74 Å². The van der Waals surface area contributed by atoms with Gasteiger partial charge >= 0.3 is 0 Å². The molecule has 0 radical (unpaired) electrons. The molecule has 0 spiro atoms. The Morgan fingerprint density at radius 2 is 2.05 bits per heavy atom. The van der Waals surface area contributed by atoms with E-state index in [-0.39, 0.29) is 0 Å². The third-order valence-electron chi connectivity index (χ3n) is 3.73. The van der Waals surface area contributed by atoms with Crippen molar-refractivity contribution in [3.63, 3.8) is 0 Å². The van der Waals surface area contributed by atoms with Crippen molar-refractivity contribution in [2.45, 2.75) is 40.3 Å². The average Bonchev–Trinajstić information content (AvgIpc) is 2.87. The summed E-state index contributed by atoms with van der Waals surface area (Å²) in [5, 5.41) is 4.68. The summed E-state index contributed by atoms with van der Waals surface area (Å²) in [5.41, 5.74) is 2.64. The number of fused-ring (bicyclic) bond motifs is 1. The molecule has 0 aliphatic rings. The summed E-state index contributed by atoms with van der Waals surface area (Å²) in [6.07, 6.45) is 3.30. The van der Waals surface area contributed by atoms with Gasteiger partial charge in [-0.15, -0.1) is 0 Å². The molecule has 0 aliphatic heterocycles. The number of rotatable bonds is 9. The Hall–Kier alpha value is -1.32. The minimum Gasteiger partial charge on any atom is -0.380 e. The van der Waals surface area contributed by atoms with Crippen LogP contribution in [0, 0.1) is 5.92 Å². The maximum Gasteiger partial charge on any atom is 0.0645 e. The first-order valence-corrected chi connectivity index (χ1v) is 8.07. The van der Waals surface area contributed by atoms with E-state index in [0.717, 1.165) is 39.3 Å². The summed E-state index contributed by atoms with van der Waals surface area (Å²) >= 11 is 0. The van der Waals surface area contributed by atoms with Gasteiger partial charge in [-0.1, -0.05) is 32.9 Å². The van der Waals surface area contributed by atoms with Gasteiger partial charge in [0, 0.05) is 31.4 Å². The third-order valence-corrected chi connectivity index (χ3v) is 3.73. The highest BCUT2D eigenvalue weighted by Crippen LogP contribution is 2.17. The molecule has 1 heterocycles. The van der Waals surface area contributed by atoms with Gasteiger partial charge in [-0.2, -0.15) is 0 Å². The second kappa shape index (κ2) is 8.20. The Kier molecular flexibility index (Phi) is 6.27. The summed E-state index contributed by atoms with van der Waals surface area (Å²) in [7, 11) is 0. The molecule has 116 valence electrons. The quantitative estimate of drug-likeness (QED) is 0.710. The van der Waals surface area contributed by atoms with E-state index < -0.39 is 0 Å². The summed E-state index contributed by atoms with van der Waals surface area (Å²) in [6, 6.07) is 8.87. The molecule has 0 atom stereocenters. The first kappa shape index (κ1) is 16.1. The summed E-state index contributed by atoms with van der Waals surface area (Å²) < 4.78 is 8.02. The summed E-state index contributed by atoms with van der Waals surface area (Å²) in [6.45, 7) is 11.1. The maximum atomic E-state index is 5.73. The van der Waals surface area contributed by atoms with Crippen LogP contribution in [0.4, 0.5) is 0 Å². The topological polar surface area (TPSA) is 26.2 Å². The SMILES string of the molecule is CCNCc1ccc2ccn(CCOCCC(C)C)c2c1. The molecule has 1 N–H and O–H groups in total. The van der Waals surface area contributed by atoms with E-state index in [1.807, 2.05) is 0 Å². The van der Waals surface area contributed by atoms with Crippen molar-refractivity contribution in [1.82, 2.24) is 9.88 Å². The average molecular weight is 288 g/mol. The Morgan fingerprint density at radius 1 is 1.19 bits per heavy atom. The lowest BCUT2D eigenvalue weighted by Gasteiger charge is -2.09. The zero-order chi connectivity index (χ0) is 15.1. The molecular weight excluding hydrogens is 260 g/mol. The fourth-order valence-electron chi connectivity index (χ4n) is 2.39. The van der Waals surface area contributed by atoms with Gasteiger partial charge in [-0.25, -0.2) is 0 Å². The Balaban J connectivity index is 1.93. The Labute approximate surface area is 128 Å². The molecule has 0 fully saturated rings. The fraction of sp³-hybridized carbons (Fsp3) is 0.556. The van der Waals surface area contributed by atoms with E-state index in [4.69, 9.17) is 4.74 Å². The Morgan fingerprint density at radius 3 is 2.81 bits per heavy atom. The van der Waals surface area contributed by atoms with Gasteiger partial charge in [0.15, 0.2) is 0 Å². The highest BCUT2D eigenvalue weighted by atomic mass is 16.5. The molecule has 2 rings (SSSR count). The van der Waals surface area contributed by atoms with Crippen LogP contribution >= 0.6 is 0 Å². The predicted molar refractivity (Wildman–Crippen MR) is 89.6 cm³/mol. The Bertz CT molecular complexity index is 545. The van der Waals surface area contributed by atoms with Crippen LogP contribution in [0.2, 0.25) is 0 Å². The van der Waals surface area contributed by atoms with Crippen molar-refractivity contribution in [2.75, 3.05) is 19.8 Å². The van der Waals surface area contributed by atoms with Crippen LogP contribution in [0.25, 0.3) is 10.9 Å². The van der Waals surface area contributed by atoms with Gasteiger partial charge in [0.2, 0.25) is 0 Å². The van der Waals surface area contributed by atoms with Gasteiger partial charge in [-0.3, -0.25) is 0 Å². The van der Waals surface area contributed by atoms with Gasteiger partial charge in [-0.05, 0) is 42.0 Å². The summed E-state index contributed by atoms with van der Waals surface area (Å²) in [4.78, 5) is 0. The summed E-state index contributed by atoms with van der Waals surface area (Å²) in [5.74, 6) is 0.714. The van der Waals surface area contributed by atoms with E-state index in [9.17, 15) is 0 Å². The number of hydrogen-bond acceptors (Lipinski definition) is 2. The van der Waals surface area contributed by atoms with E-state index in [0.29, 0.717) is 5.92 Å². The number of nitrogens with one attached hydrogen (secondary N) is 1. The van der Waals surface area contributed by atoms with E-state index in [1.54, 1.807) is 0 Å². The molecule has 1 aromatic heterocycles. The molecule has 3 heteroatoms. The molecule has 0 bridgehead atoms. The fourth-order valence-corrected chi connectivity index (χ4v) is 2.39. The van der Waals surface area contributed by atoms with Gasteiger partial charge < -0.3 is 14.6 Å². The molecule has 0 aliphatic carbocycles. The van der Waals surface area contributed by atoms with Gasteiger partial charge in [0.1, 0.15) is 0 Å². The first-order valence-electron chi connectivity index (χ1n) is 8.07. The molecule has 1 aromatic carbocycles. The molecule has 3 nitrogen and oxygen atoms in total. The van der Waals surface area contributed by atoms with Crippen LogP contribution in [0.3, 0.4) is 0 Å². The predicted octanol–water partition coefficient (Wildman–Crippen LogP) is 3.81. The second-order valence-electron chi connectivity index (χ2n) is 5.98. The number of hydrogen-bond donors (Lipinski definition) is 1. The third kappa shape index (κ3) is 4.87. The minimum atomic E-state index is 0.714. The molecule has 2 aromatic rings. The zero-order valence-corrected chi connectivity index (χ0v) is 13.6. The highest BCUT2D eigenvalue weighted by molar-refractivity contribution is 5.80. The van der Waals surface area contributed by atoms with Crippen LogP contribution in [0.1, 0.15) is 32.8 Å². The van der Waals surface area contributed by atoms with Crippen LogP contribution in [0.15, 0.2) is 30.5 Å². The van der Waals surface area contributed by atoms with E-state index in [2.05, 4.69) is 61.1 Å². The maximum absolute atomic E-state index is 5.73. The van der Waals surface area contributed by atoms with Crippen LogP contribution in [0.5, 0.6) is 0 Å². The van der Waals surface area contributed by atoms with Crippen LogP contribution in [-0.4, -0.2) is 24.3 Å². The smallest absolute Gasteiger partial charge is 0.0645 e. The number of ether oxygens (including phenoxy) is 1. The lowest BCUT2D eigenvalue weighted by molar-refractivity contribution is 0.117. The van der Waals surface area contributed by atoms with Crippen molar-refractivity contribution >= 4 is 10.9 Å². The molecule has 0 saturated heterocycles. The number of aromatic nitrogens is 1. The monoisotopic (exact) mass is 288 g/mol. The molecule has 21 heavy (non-hydrogen) atoms. The van der Waals surface area contributed by atoms with Crippen molar-refractivity contribution in [3.05, 3.63) is 36.0 Å². The van der Waals surface area contributed by atoms with Crippen molar-refractivity contribution in [1.29, 1.82) is 0 Å².